The van der Waals surface area contributed by atoms with Gasteiger partial charge in [-0.2, -0.15) is 0 Å². The second-order valence-corrected chi connectivity index (χ2v) is 6.95. The van der Waals surface area contributed by atoms with Crippen LogP contribution < -0.4 is 15.8 Å². The van der Waals surface area contributed by atoms with Crippen molar-refractivity contribution in [3.63, 3.8) is 0 Å². The van der Waals surface area contributed by atoms with Crippen LogP contribution in [0.2, 0.25) is 0 Å². The lowest BCUT2D eigenvalue weighted by Crippen LogP contribution is -2.46. The van der Waals surface area contributed by atoms with Crippen molar-refractivity contribution in [3.8, 4) is 5.75 Å². The Kier molecular flexibility index (Phi) is 5.91. The van der Waals surface area contributed by atoms with E-state index in [4.69, 9.17) is 10.5 Å². The van der Waals surface area contributed by atoms with Gasteiger partial charge in [-0.15, -0.1) is 0 Å². The second-order valence-electron chi connectivity index (χ2n) is 6.95. The van der Waals surface area contributed by atoms with Crippen LogP contribution >= 0.6 is 0 Å². The van der Waals surface area contributed by atoms with Gasteiger partial charge in [0.1, 0.15) is 5.75 Å². The molecule has 1 heterocycles. The molecule has 1 aromatic carbocycles. The first-order chi connectivity index (χ1) is 12.2. The molecule has 3 rings (SSSR count). The summed E-state index contributed by atoms with van der Waals surface area (Å²) >= 11 is 0. The van der Waals surface area contributed by atoms with Gasteiger partial charge in [0, 0.05) is 31.7 Å². The van der Waals surface area contributed by atoms with Crippen LogP contribution in [0.5, 0.6) is 5.75 Å². The third-order valence-corrected chi connectivity index (χ3v) is 4.81. The average Bonchev–Trinajstić information content (AvgIpc) is 3.49. The quantitative estimate of drug-likeness (QED) is 0.782. The SMILES string of the molecule is NCCNC(=O)C1CCCN(C(=O)c2ccc(OCC3CC3)cc2)C1. The summed E-state index contributed by atoms with van der Waals surface area (Å²) in [6.45, 7) is 2.83. The number of hydrogen-bond donors (Lipinski definition) is 2. The molecule has 0 radical (unpaired) electrons. The maximum absolute atomic E-state index is 12.7. The van der Waals surface area contributed by atoms with E-state index in [2.05, 4.69) is 5.32 Å². The standard InChI is InChI=1S/C19H27N3O3/c20-9-10-21-18(23)16-2-1-11-22(12-16)19(24)15-5-7-17(8-6-15)25-13-14-3-4-14/h5-8,14,16H,1-4,9-13,20H2,(H,21,23). The Morgan fingerprint density at radius 3 is 2.64 bits per heavy atom. The predicted octanol–water partition coefficient (Wildman–Crippen LogP) is 1.40. The lowest BCUT2D eigenvalue weighted by Gasteiger charge is -2.32. The van der Waals surface area contributed by atoms with Crippen molar-refractivity contribution in [2.45, 2.75) is 25.7 Å². The van der Waals surface area contributed by atoms with Crippen molar-refractivity contribution in [1.82, 2.24) is 10.2 Å². The van der Waals surface area contributed by atoms with Gasteiger partial charge in [0.15, 0.2) is 0 Å². The topological polar surface area (TPSA) is 84.7 Å². The van der Waals surface area contributed by atoms with Gasteiger partial charge in [0.05, 0.1) is 12.5 Å². The van der Waals surface area contributed by atoms with E-state index in [0.29, 0.717) is 37.7 Å². The highest BCUT2D eigenvalue weighted by molar-refractivity contribution is 5.94. The first-order valence-corrected chi connectivity index (χ1v) is 9.17. The van der Waals surface area contributed by atoms with Gasteiger partial charge in [-0.1, -0.05) is 0 Å². The molecule has 3 N–H and O–H groups in total. The van der Waals surface area contributed by atoms with Gasteiger partial charge >= 0.3 is 0 Å². The monoisotopic (exact) mass is 345 g/mol. The molecule has 0 spiro atoms. The molecule has 0 aromatic heterocycles. The number of benzene rings is 1. The Morgan fingerprint density at radius 2 is 1.96 bits per heavy atom. The first kappa shape index (κ1) is 17.7. The van der Waals surface area contributed by atoms with Crippen LogP contribution in [0, 0.1) is 11.8 Å². The van der Waals surface area contributed by atoms with E-state index in [1.807, 2.05) is 24.3 Å². The minimum Gasteiger partial charge on any atom is -0.493 e. The van der Waals surface area contributed by atoms with E-state index in [1.54, 1.807) is 4.90 Å². The summed E-state index contributed by atoms with van der Waals surface area (Å²) in [4.78, 5) is 26.6. The fraction of sp³-hybridized carbons (Fsp3) is 0.579. The largest absolute Gasteiger partial charge is 0.493 e. The zero-order chi connectivity index (χ0) is 17.6. The highest BCUT2D eigenvalue weighted by Crippen LogP contribution is 2.29. The van der Waals surface area contributed by atoms with Gasteiger partial charge < -0.3 is 20.7 Å². The molecule has 1 saturated heterocycles. The summed E-state index contributed by atoms with van der Waals surface area (Å²) < 4.78 is 5.71. The summed E-state index contributed by atoms with van der Waals surface area (Å²) in [7, 11) is 0. The molecule has 1 aliphatic heterocycles. The summed E-state index contributed by atoms with van der Waals surface area (Å²) in [5.41, 5.74) is 6.06. The Hall–Kier alpha value is -2.08. The van der Waals surface area contributed by atoms with Gasteiger partial charge in [-0.3, -0.25) is 9.59 Å². The van der Waals surface area contributed by atoms with Gasteiger partial charge in [-0.25, -0.2) is 0 Å². The second kappa shape index (κ2) is 8.34. The van der Waals surface area contributed by atoms with Crippen molar-refractivity contribution < 1.29 is 14.3 Å². The highest BCUT2D eigenvalue weighted by atomic mass is 16.5. The van der Waals surface area contributed by atoms with E-state index in [1.165, 1.54) is 12.8 Å². The van der Waals surface area contributed by atoms with Crippen LogP contribution in [0.15, 0.2) is 24.3 Å². The molecular formula is C19H27N3O3. The zero-order valence-corrected chi connectivity index (χ0v) is 14.6. The number of carbonyl (C=O) groups excluding carboxylic acids is 2. The number of ether oxygens (including phenoxy) is 1. The highest BCUT2D eigenvalue weighted by Gasteiger charge is 2.28. The molecule has 1 unspecified atom stereocenters. The van der Waals surface area contributed by atoms with Crippen LogP contribution in [-0.4, -0.2) is 49.5 Å². The number of nitrogens with one attached hydrogen (secondary N) is 1. The lowest BCUT2D eigenvalue weighted by molar-refractivity contribution is -0.126. The molecule has 136 valence electrons. The van der Waals surface area contributed by atoms with E-state index in [9.17, 15) is 9.59 Å². The minimum atomic E-state index is -0.148. The first-order valence-electron chi connectivity index (χ1n) is 9.17. The molecule has 1 aliphatic carbocycles. The Labute approximate surface area is 148 Å². The summed E-state index contributed by atoms with van der Waals surface area (Å²) in [5.74, 6) is 1.33. The molecule has 2 aliphatic rings. The van der Waals surface area contributed by atoms with Gasteiger partial charge in [-0.05, 0) is 55.9 Å². The third-order valence-electron chi connectivity index (χ3n) is 4.81. The van der Waals surface area contributed by atoms with E-state index >= 15 is 0 Å². The number of hydrogen-bond acceptors (Lipinski definition) is 4. The molecule has 0 bridgehead atoms. The van der Waals surface area contributed by atoms with Crippen LogP contribution in [0.3, 0.4) is 0 Å². The smallest absolute Gasteiger partial charge is 0.253 e. The van der Waals surface area contributed by atoms with E-state index in [0.717, 1.165) is 25.2 Å². The van der Waals surface area contributed by atoms with E-state index < -0.39 is 0 Å². The molecule has 2 fully saturated rings. The number of piperidine rings is 1. The summed E-state index contributed by atoms with van der Waals surface area (Å²) in [6, 6.07) is 7.32. The zero-order valence-electron chi connectivity index (χ0n) is 14.6. The van der Waals surface area contributed by atoms with Crippen LogP contribution in [0.4, 0.5) is 0 Å². The van der Waals surface area contributed by atoms with Crippen molar-refractivity contribution in [2.75, 3.05) is 32.8 Å². The number of nitrogens with two attached hydrogens (primary N) is 1. The van der Waals surface area contributed by atoms with Crippen LogP contribution in [0.1, 0.15) is 36.0 Å². The number of nitrogens with zero attached hydrogens (tertiary/aromatic N) is 1. The Bertz CT molecular complexity index is 598. The number of amides is 2. The van der Waals surface area contributed by atoms with Crippen molar-refractivity contribution in [2.24, 2.45) is 17.6 Å². The summed E-state index contributed by atoms with van der Waals surface area (Å²) in [5, 5.41) is 2.82. The van der Waals surface area contributed by atoms with Crippen LogP contribution in [0.25, 0.3) is 0 Å². The summed E-state index contributed by atoms with van der Waals surface area (Å²) in [6.07, 6.45) is 4.17. The molecule has 6 heteroatoms. The Balaban J connectivity index is 1.54. The molecule has 2 amide bonds. The normalized spacial score (nSPS) is 20.2. The van der Waals surface area contributed by atoms with Crippen molar-refractivity contribution in [3.05, 3.63) is 29.8 Å². The Morgan fingerprint density at radius 1 is 1.20 bits per heavy atom. The molecule has 6 nitrogen and oxygen atoms in total. The predicted molar refractivity (Wildman–Crippen MR) is 95.4 cm³/mol. The maximum Gasteiger partial charge on any atom is 0.253 e. The number of carbonyl (C=O) groups is 2. The van der Waals surface area contributed by atoms with Crippen molar-refractivity contribution >= 4 is 11.8 Å². The average molecular weight is 345 g/mol. The molecular weight excluding hydrogens is 318 g/mol. The lowest BCUT2D eigenvalue weighted by atomic mass is 9.96. The molecule has 1 saturated carbocycles. The molecule has 1 atom stereocenters. The number of rotatable bonds is 7. The molecule has 1 aromatic rings. The third kappa shape index (κ3) is 4.95. The minimum absolute atomic E-state index is 0.00762. The fourth-order valence-electron chi connectivity index (χ4n) is 3.09. The maximum atomic E-state index is 12.7. The van der Waals surface area contributed by atoms with Gasteiger partial charge in [0.2, 0.25) is 5.91 Å². The fourth-order valence-corrected chi connectivity index (χ4v) is 3.09. The van der Waals surface area contributed by atoms with Crippen molar-refractivity contribution in [1.29, 1.82) is 0 Å². The van der Waals surface area contributed by atoms with Gasteiger partial charge in [0.25, 0.3) is 5.91 Å². The van der Waals surface area contributed by atoms with E-state index in [-0.39, 0.29) is 17.7 Å². The number of likely N-dealkylation sites (tertiary alicyclic amines) is 1. The molecule has 25 heavy (non-hydrogen) atoms. The van der Waals surface area contributed by atoms with Crippen LogP contribution in [-0.2, 0) is 4.79 Å².